The number of nitrogens with two attached hydrogens (primary N) is 1. The molecular formula is C21H23FN2O. The van der Waals surface area contributed by atoms with E-state index in [9.17, 15) is 9.18 Å². The second-order valence-corrected chi connectivity index (χ2v) is 7.25. The van der Waals surface area contributed by atoms with Gasteiger partial charge in [0.15, 0.2) is 0 Å². The molecule has 1 amide bonds. The average molecular weight is 338 g/mol. The normalized spacial score (nSPS) is 17.9. The molecule has 1 aliphatic carbocycles. The second kappa shape index (κ2) is 6.26. The molecule has 2 N–H and O–H groups in total. The first-order valence-electron chi connectivity index (χ1n) is 9.04. The van der Waals surface area contributed by atoms with Crippen molar-refractivity contribution in [1.29, 1.82) is 0 Å². The van der Waals surface area contributed by atoms with Gasteiger partial charge in [0.25, 0.3) is 5.91 Å². The van der Waals surface area contributed by atoms with Crippen molar-refractivity contribution in [2.24, 2.45) is 5.73 Å². The van der Waals surface area contributed by atoms with Crippen LogP contribution in [0, 0.1) is 5.82 Å². The van der Waals surface area contributed by atoms with Gasteiger partial charge in [0.1, 0.15) is 5.82 Å². The molecule has 130 valence electrons. The molecule has 0 unspecified atom stereocenters. The van der Waals surface area contributed by atoms with Crippen LogP contribution in [0.4, 0.5) is 10.1 Å². The standard InChI is InChI=1S/C21H23FN2O/c22-17-4-3-5-18-19(17)21(11-1-2-12-21)14-24(18)20(25)16-8-6-15(7-9-16)10-13-23/h3-9H,1-2,10-14,23H2. The first kappa shape index (κ1) is 16.3. The van der Waals surface area contributed by atoms with Gasteiger partial charge in [-0.2, -0.15) is 0 Å². The van der Waals surface area contributed by atoms with Gasteiger partial charge in [-0.3, -0.25) is 4.79 Å². The zero-order valence-electron chi connectivity index (χ0n) is 14.3. The number of benzene rings is 2. The van der Waals surface area contributed by atoms with Crippen molar-refractivity contribution in [3.8, 4) is 0 Å². The second-order valence-electron chi connectivity index (χ2n) is 7.25. The van der Waals surface area contributed by atoms with Crippen molar-refractivity contribution in [1.82, 2.24) is 0 Å². The highest BCUT2D eigenvalue weighted by Crippen LogP contribution is 2.51. The molecule has 0 atom stereocenters. The summed E-state index contributed by atoms with van der Waals surface area (Å²) in [5.74, 6) is -0.220. The summed E-state index contributed by atoms with van der Waals surface area (Å²) >= 11 is 0. The Morgan fingerprint density at radius 3 is 2.52 bits per heavy atom. The lowest BCUT2D eigenvalue weighted by Crippen LogP contribution is -2.35. The number of halogens is 1. The number of amides is 1. The number of fused-ring (bicyclic) bond motifs is 2. The molecule has 3 nitrogen and oxygen atoms in total. The van der Waals surface area contributed by atoms with Gasteiger partial charge < -0.3 is 10.6 Å². The molecule has 1 aliphatic heterocycles. The monoisotopic (exact) mass is 338 g/mol. The van der Waals surface area contributed by atoms with Crippen LogP contribution in [0.5, 0.6) is 0 Å². The maximum absolute atomic E-state index is 14.6. The molecular weight excluding hydrogens is 315 g/mol. The van der Waals surface area contributed by atoms with E-state index in [-0.39, 0.29) is 17.1 Å². The Kier molecular flexibility index (Phi) is 4.08. The molecule has 0 aromatic heterocycles. The molecule has 4 rings (SSSR count). The van der Waals surface area contributed by atoms with Gasteiger partial charge in [-0.05, 0) is 55.6 Å². The van der Waals surface area contributed by atoms with Crippen LogP contribution in [0.25, 0.3) is 0 Å². The van der Waals surface area contributed by atoms with Crippen LogP contribution in [0.2, 0.25) is 0 Å². The average Bonchev–Trinajstić information content (AvgIpc) is 3.22. The Morgan fingerprint density at radius 2 is 1.84 bits per heavy atom. The number of hydrogen-bond acceptors (Lipinski definition) is 2. The van der Waals surface area contributed by atoms with Gasteiger partial charge in [-0.25, -0.2) is 4.39 Å². The largest absolute Gasteiger partial charge is 0.330 e. The third-order valence-electron chi connectivity index (χ3n) is 5.71. The third-order valence-corrected chi connectivity index (χ3v) is 5.71. The molecule has 0 radical (unpaired) electrons. The summed E-state index contributed by atoms with van der Waals surface area (Å²) < 4.78 is 14.6. The lowest BCUT2D eigenvalue weighted by atomic mass is 9.80. The molecule has 0 bridgehead atoms. The number of nitrogens with zero attached hydrogens (tertiary/aromatic N) is 1. The number of anilines is 1. The van der Waals surface area contributed by atoms with Crippen molar-refractivity contribution < 1.29 is 9.18 Å². The van der Waals surface area contributed by atoms with E-state index >= 15 is 0 Å². The summed E-state index contributed by atoms with van der Waals surface area (Å²) in [5, 5.41) is 0. The summed E-state index contributed by atoms with van der Waals surface area (Å²) in [6, 6.07) is 12.7. The predicted octanol–water partition coefficient (Wildman–Crippen LogP) is 3.80. The molecule has 2 aromatic carbocycles. The van der Waals surface area contributed by atoms with Crippen molar-refractivity contribution in [2.45, 2.75) is 37.5 Å². The zero-order valence-corrected chi connectivity index (χ0v) is 14.3. The lowest BCUT2D eigenvalue weighted by molar-refractivity contribution is 0.0985. The van der Waals surface area contributed by atoms with Crippen molar-refractivity contribution in [3.63, 3.8) is 0 Å². The SMILES string of the molecule is NCCc1ccc(C(=O)N2CC3(CCCC3)c3c(F)cccc32)cc1. The van der Waals surface area contributed by atoms with Crippen LogP contribution >= 0.6 is 0 Å². The highest BCUT2D eigenvalue weighted by atomic mass is 19.1. The van der Waals surface area contributed by atoms with Gasteiger partial charge in [0.2, 0.25) is 0 Å². The van der Waals surface area contributed by atoms with Crippen LogP contribution < -0.4 is 10.6 Å². The highest BCUT2D eigenvalue weighted by Gasteiger charge is 2.48. The predicted molar refractivity (Wildman–Crippen MR) is 97.4 cm³/mol. The van der Waals surface area contributed by atoms with Crippen LogP contribution in [-0.4, -0.2) is 19.0 Å². The van der Waals surface area contributed by atoms with E-state index < -0.39 is 0 Å². The summed E-state index contributed by atoms with van der Waals surface area (Å²) in [6.45, 7) is 1.18. The van der Waals surface area contributed by atoms with Crippen LogP contribution in [0.3, 0.4) is 0 Å². The Bertz CT molecular complexity index is 794. The number of rotatable bonds is 3. The molecule has 4 heteroatoms. The summed E-state index contributed by atoms with van der Waals surface area (Å²) in [5.41, 5.74) is 8.65. The van der Waals surface area contributed by atoms with Crippen molar-refractivity contribution in [3.05, 3.63) is 65.0 Å². The third kappa shape index (κ3) is 2.65. The first-order chi connectivity index (χ1) is 12.1. The minimum Gasteiger partial charge on any atom is -0.330 e. The number of carbonyl (C=O) groups is 1. The van der Waals surface area contributed by atoms with E-state index in [4.69, 9.17) is 5.73 Å². The van der Waals surface area contributed by atoms with Gasteiger partial charge in [-0.1, -0.05) is 31.0 Å². The lowest BCUT2D eigenvalue weighted by Gasteiger charge is -2.25. The molecule has 2 aromatic rings. The van der Waals surface area contributed by atoms with Crippen LogP contribution in [-0.2, 0) is 11.8 Å². The van der Waals surface area contributed by atoms with Crippen LogP contribution in [0.15, 0.2) is 42.5 Å². The molecule has 1 heterocycles. The molecule has 1 saturated carbocycles. The van der Waals surface area contributed by atoms with Gasteiger partial charge >= 0.3 is 0 Å². The Hall–Kier alpha value is -2.20. The topological polar surface area (TPSA) is 46.3 Å². The minimum atomic E-state index is -0.199. The maximum atomic E-state index is 14.6. The van der Waals surface area contributed by atoms with Crippen molar-refractivity contribution in [2.75, 3.05) is 18.0 Å². The van der Waals surface area contributed by atoms with Gasteiger partial charge in [0.05, 0.1) is 5.69 Å². The van der Waals surface area contributed by atoms with Crippen molar-refractivity contribution >= 4 is 11.6 Å². The fraction of sp³-hybridized carbons (Fsp3) is 0.381. The van der Waals surface area contributed by atoms with E-state index in [1.165, 1.54) is 6.07 Å². The molecule has 1 fully saturated rings. The van der Waals surface area contributed by atoms with Gasteiger partial charge in [0, 0.05) is 23.1 Å². The Labute approximate surface area is 147 Å². The highest BCUT2D eigenvalue weighted by molar-refractivity contribution is 6.07. The quantitative estimate of drug-likeness (QED) is 0.925. The van der Waals surface area contributed by atoms with E-state index in [0.29, 0.717) is 18.7 Å². The van der Waals surface area contributed by atoms with Gasteiger partial charge in [-0.15, -0.1) is 0 Å². The molecule has 2 aliphatic rings. The van der Waals surface area contributed by atoms with E-state index in [1.807, 2.05) is 30.3 Å². The smallest absolute Gasteiger partial charge is 0.258 e. The first-order valence-corrected chi connectivity index (χ1v) is 9.04. The fourth-order valence-electron chi connectivity index (χ4n) is 4.51. The maximum Gasteiger partial charge on any atom is 0.258 e. The van der Waals surface area contributed by atoms with E-state index in [0.717, 1.165) is 48.9 Å². The van der Waals surface area contributed by atoms with E-state index in [2.05, 4.69) is 0 Å². The fourth-order valence-corrected chi connectivity index (χ4v) is 4.51. The Morgan fingerprint density at radius 1 is 1.12 bits per heavy atom. The summed E-state index contributed by atoms with van der Waals surface area (Å²) in [7, 11) is 0. The molecule has 0 saturated heterocycles. The van der Waals surface area contributed by atoms with Crippen LogP contribution in [0.1, 0.15) is 47.2 Å². The zero-order chi connectivity index (χ0) is 17.4. The number of hydrogen-bond donors (Lipinski definition) is 1. The Balaban J connectivity index is 1.69. The summed E-state index contributed by atoms with van der Waals surface area (Å²) in [6.07, 6.45) is 4.92. The minimum absolute atomic E-state index is 0.0464. The molecule has 25 heavy (non-hydrogen) atoms. The number of carbonyl (C=O) groups excluding carboxylic acids is 1. The summed E-state index contributed by atoms with van der Waals surface area (Å²) in [4.78, 5) is 14.9. The molecule has 1 spiro atoms. The van der Waals surface area contributed by atoms with E-state index in [1.54, 1.807) is 11.0 Å².